The maximum absolute atomic E-state index is 12.7. The SMILES string of the molecule is Cc1cc(C(F)(F)F)ccc1C(N)c1cc(Cl)ccc1I. The van der Waals surface area contributed by atoms with Crippen molar-refractivity contribution < 1.29 is 13.2 Å². The van der Waals surface area contributed by atoms with E-state index in [4.69, 9.17) is 17.3 Å². The van der Waals surface area contributed by atoms with Crippen molar-refractivity contribution in [3.63, 3.8) is 0 Å². The second-order valence-corrected chi connectivity index (χ2v) is 6.31. The van der Waals surface area contributed by atoms with Crippen LogP contribution in [0.15, 0.2) is 36.4 Å². The Hall–Kier alpha value is -0.790. The summed E-state index contributed by atoms with van der Waals surface area (Å²) in [5, 5.41) is 0.547. The summed E-state index contributed by atoms with van der Waals surface area (Å²) in [6.45, 7) is 1.63. The zero-order valence-corrected chi connectivity index (χ0v) is 13.9. The fourth-order valence-corrected chi connectivity index (χ4v) is 2.97. The predicted octanol–water partition coefficient (Wildman–Crippen LogP) is 5.32. The van der Waals surface area contributed by atoms with Crippen molar-refractivity contribution in [2.45, 2.75) is 19.1 Å². The molecule has 0 bridgehead atoms. The first-order valence-corrected chi connectivity index (χ1v) is 7.54. The lowest BCUT2D eigenvalue weighted by molar-refractivity contribution is -0.137. The van der Waals surface area contributed by atoms with E-state index >= 15 is 0 Å². The maximum Gasteiger partial charge on any atom is 0.416 e. The van der Waals surface area contributed by atoms with Gasteiger partial charge in [-0.2, -0.15) is 13.2 Å². The van der Waals surface area contributed by atoms with E-state index in [1.54, 1.807) is 19.1 Å². The number of benzene rings is 2. The Kier molecular flexibility index (Phi) is 4.85. The van der Waals surface area contributed by atoms with Crippen LogP contribution in [-0.4, -0.2) is 0 Å². The molecule has 2 rings (SSSR count). The van der Waals surface area contributed by atoms with Crippen LogP contribution in [0.3, 0.4) is 0 Å². The van der Waals surface area contributed by atoms with E-state index in [-0.39, 0.29) is 0 Å². The van der Waals surface area contributed by atoms with Gasteiger partial charge in [0.05, 0.1) is 11.6 Å². The number of hydrogen-bond acceptors (Lipinski definition) is 1. The van der Waals surface area contributed by atoms with Crippen molar-refractivity contribution in [2.75, 3.05) is 0 Å². The van der Waals surface area contributed by atoms with Crippen LogP contribution in [0.5, 0.6) is 0 Å². The molecule has 0 saturated heterocycles. The van der Waals surface area contributed by atoms with Gasteiger partial charge >= 0.3 is 6.18 Å². The van der Waals surface area contributed by atoms with Crippen molar-refractivity contribution in [1.29, 1.82) is 0 Å². The topological polar surface area (TPSA) is 26.0 Å². The van der Waals surface area contributed by atoms with E-state index < -0.39 is 17.8 Å². The van der Waals surface area contributed by atoms with Gasteiger partial charge in [-0.05, 0) is 76.5 Å². The van der Waals surface area contributed by atoms with Gasteiger partial charge < -0.3 is 5.73 Å². The molecule has 0 radical (unpaired) electrons. The summed E-state index contributed by atoms with van der Waals surface area (Å²) in [4.78, 5) is 0. The normalized spacial score (nSPS) is 13.3. The lowest BCUT2D eigenvalue weighted by atomic mass is 9.94. The van der Waals surface area contributed by atoms with Crippen LogP contribution in [0.25, 0.3) is 0 Å². The standard InChI is InChI=1S/C15H12ClF3IN/c1-8-6-9(15(17,18)19)2-4-11(8)14(21)12-7-10(16)3-5-13(12)20/h2-7,14H,21H2,1H3. The minimum atomic E-state index is -4.35. The molecule has 6 heteroatoms. The average molecular weight is 426 g/mol. The van der Waals surface area contributed by atoms with Gasteiger partial charge in [-0.3, -0.25) is 0 Å². The Morgan fingerprint density at radius 1 is 1.10 bits per heavy atom. The number of aryl methyl sites for hydroxylation is 1. The van der Waals surface area contributed by atoms with Crippen molar-refractivity contribution in [1.82, 2.24) is 0 Å². The van der Waals surface area contributed by atoms with Crippen LogP contribution in [0.2, 0.25) is 5.02 Å². The molecule has 0 amide bonds. The fourth-order valence-electron chi connectivity index (χ4n) is 2.12. The molecule has 1 atom stereocenters. The van der Waals surface area contributed by atoms with Gasteiger partial charge in [0.1, 0.15) is 0 Å². The molecule has 0 aliphatic heterocycles. The molecular weight excluding hydrogens is 414 g/mol. The first-order valence-electron chi connectivity index (χ1n) is 6.08. The van der Waals surface area contributed by atoms with E-state index in [1.165, 1.54) is 6.07 Å². The minimum absolute atomic E-state index is 0.508. The van der Waals surface area contributed by atoms with Gasteiger partial charge in [-0.15, -0.1) is 0 Å². The van der Waals surface area contributed by atoms with E-state index in [0.29, 0.717) is 16.1 Å². The Morgan fingerprint density at radius 2 is 1.76 bits per heavy atom. The van der Waals surface area contributed by atoms with Crippen LogP contribution in [0.1, 0.15) is 28.3 Å². The van der Waals surface area contributed by atoms with Crippen molar-refractivity contribution in [3.05, 3.63) is 67.2 Å². The third-order valence-corrected chi connectivity index (χ3v) is 4.44. The van der Waals surface area contributed by atoms with E-state index in [0.717, 1.165) is 21.3 Å². The monoisotopic (exact) mass is 425 g/mol. The van der Waals surface area contributed by atoms with Crippen molar-refractivity contribution in [2.24, 2.45) is 5.73 Å². The first kappa shape index (κ1) is 16.6. The summed E-state index contributed by atoms with van der Waals surface area (Å²) in [5.41, 5.74) is 7.49. The molecule has 0 aliphatic rings. The summed E-state index contributed by atoms with van der Waals surface area (Å²) in [6, 6.07) is 8.41. The molecule has 0 heterocycles. The molecule has 2 aromatic rings. The molecule has 0 spiro atoms. The summed E-state index contributed by atoms with van der Waals surface area (Å²) in [6.07, 6.45) is -4.35. The number of rotatable bonds is 2. The third kappa shape index (κ3) is 3.70. The minimum Gasteiger partial charge on any atom is -0.320 e. The molecule has 0 fully saturated rings. The molecule has 112 valence electrons. The molecule has 2 N–H and O–H groups in total. The molecule has 21 heavy (non-hydrogen) atoms. The molecular formula is C15H12ClF3IN. The number of halogens is 5. The highest BCUT2D eigenvalue weighted by atomic mass is 127. The zero-order valence-electron chi connectivity index (χ0n) is 11.0. The lowest BCUT2D eigenvalue weighted by Crippen LogP contribution is -2.16. The highest BCUT2D eigenvalue weighted by molar-refractivity contribution is 14.1. The summed E-state index contributed by atoms with van der Waals surface area (Å²) in [7, 11) is 0. The summed E-state index contributed by atoms with van der Waals surface area (Å²) >= 11 is 8.10. The quantitative estimate of drug-likeness (QED) is 0.648. The van der Waals surface area contributed by atoms with Crippen LogP contribution in [0, 0.1) is 10.5 Å². The van der Waals surface area contributed by atoms with Gasteiger partial charge in [0.2, 0.25) is 0 Å². The molecule has 0 saturated carbocycles. The van der Waals surface area contributed by atoms with Crippen LogP contribution in [-0.2, 0) is 6.18 Å². The third-order valence-electron chi connectivity index (χ3n) is 3.23. The second kappa shape index (κ2) is 6.14. The van der Waals surface area contributed by atoms with Crippen molar-refractivity contribution >= 4 is 34.2 Å². The summed E-state index contributed by atoms with van der Waals surface area (Å²) in [5.74, 6) is 0. The average Bonchev–Trinajstić information content (AvgIpc) is 2.39. The Morgan fingerprint density at radius 3 is 2.33 bits per heavy atom. The van der Waals surface area contributed by atoms with Gasteiger partial charge in [-0.1, -0.05) is 17.7 Å². The van der Waals surface area contributed by atoms with E-state index in [1.807, 2.05) is 6.07 Å². The number of nitrogens with two attached hydrogens (primary N) is 1. The smallest absolute Gasteiger partial charge is 0.320 e. The number of alkyl halides is 3. The lowest BCUT2D eigenvalue weighted by Gasteiger charge is -2.18. The van der Waals surface area contributed by atoms with E-state index in [9.17, 15) is 13.2 Å². The van der Waals surface area contributed by atoms with Gasteiger partial charge in [0.15, 0.2) is 0 Å². The molecule has 0 aromatic heterocycles. The first-order chi connectivity index (χ1) is 9.70. The number of hydrogen-bond donors (Lipinski definition) is 1. The fraction of sp³-hybridized carbons (Fsp3) is 0.200. The summed E-state index contributed by atoms with van der Waals surface area (Å²) < 4.78 is 39.0. The Bertz CT molecular complexity index is 670. The van der Waals surface area contributed by atoms with Crippen molar-refractivity contribution in [3.8, 4) is 0 Å². The molecule has 1 nitrogen and oxygen atoms in total. The van der Waals surface area contributed by atoms with Gasteiger partial charge in [0, 0.05) is 8.59 Å². The second-order valence-electron chi connectivity index (χ2n) is 4.71. The molecule has 1 unspecified atom stereocenters. The Labute approximate surface area is 139 Å². The molecule has 2 aromatic carbocycles. The predicted molar refractivity (Wildman–Crippen MR) is 86.4 cm³/mol. The highest BCUT2D eigenvalue weighted by Gasteiger charge is 2.31. The molecule has 0 aliphatic carbocycles. The largest absolute Gasteiger partial charge is 0.416 e. The van der Waals surface area contributed by atoms with Gasteiger partial charge in [-0.25, -0.2) is 0 Å². The van der Waals surface area contributed by atoms with E-state index in [2.05, 4.69) is 22.6 Å². The van der Waals surface area contributed by atoms with Crippen LogP contribution in [0.4, 0.5) is 13.2 Å². The Balaban J connectivity index is 2.44. The van der Waals surface area contributed by atoms with Crippen LogP contribution >= 0.6 is 34.2 Å². The van der Waals surface area contributed by atoms with Crippen LogP contribution < -0.4 is 5.73 Å². The highest BCUT2D eigenvalue weighted by Crippen LogP contribution is 2.33. The van der Waals surface area contributed by atoms with Gasteiger partial charge in [0.25, 0.3) is 0 Å². The maximum atomic E-state index is 12.7. The zero-order chi connectivity index (χ0) is 15.8.